The lowest BCUT2D eigenvalue weighted by Gasteiger charge is -2.20. The summed E-state index contributed by atoms with van der Waals surface area (Å²) >= 11 is 0. The zero-order valence-corrected chi connectivity index (χ0v) is 12.7. The van der Waals surface area contributed by atoms with Gasteiger partial charge in [0.2, 0.25) is 11.8 Å². The molecular weight excluding hydrogens is 290 g/mol. The number of rotatable bonds is 2. The molecule has 4 rings (SSSR count). The number of imide groups is 1. The standard InChI is InChI=1S/C18H17N3O2/c1-21-17(22)13-14(18(21)23)16(12-9-5-6-10-19-12)20-15(13)11-7-3-2-4-8-11/h2-10,13-16,20H,1H3/t13-,14+,15+,16-/m0/s1. The van der Waals surface area contributed by atoms with E-state index in [2.05, 4.69) is 10.3 Å². The van der Waals surface area contributed by atoms with Gasteiger partial charge in [-0.25, -0.2) is 0 Å². The molecule has 4 atom stereocenters. The van der Waals surface area contributed by atoms with Crippen molar-refractivity contribution in [2.45, 2.75) is 12.1 Å². The lowest BCUT2D eigenvalue weighted by Crippen LogP contribution is -2.34. The summed E-state index contributed by atoms with van der Waals surface area (Å²) in [5.41, 5.74) is 1.83. The predicted octanol–water partition coefficient (Wildman–Crippen LogP) is 1.70. The number of carbonyl (C=O) groups is 2. The predicted molar refractivity (Wildman–Crippen MR) is 84.1 cm³/mol. The van der Waals surface area contributed by atoms with Crippen molar-refractivity contribution in [2.75, 3.05) is 7.05 Å². The van der Waals surface area contributed by atoms with Crippen LogP contribution in [-0.4, -0.2) is 28.7 Å². The van der Waals surface area contributed by atoms with Gasteiger partial charge in [-0.05, 0) is 17.7 Å². The van der Waals surface area contributed by atoms with E-state index in [1.807, 2.05) is 48.5 Å². The fraction of sp³-hybridized carbons (Fsp3) is 0.278. The van der Waals surface area contributed by atoms with Crippen molar-refractivity contribution < 1.29 is 9.59 Å². The second-order valence-corrected chi connectivity index (χ2v) is 6.07. The van der Waals surface area contributed by atoms with Gasteiger partial charge in [-0.3, -0.25) is 19.5 Å². The highest BCUT2D eigenvalue weighted by Gasteiger charge is 2.58. The molecule has 0 radical (unpaired) electrons. The van der Waals surface area contributed by atoms with Gasteiger partial charge in [-0.2, -0.15) is 0 Å². The van der Waals surface area contributed by atoms with Crippen molar-refractivity contribution in [2.24, 2.45) is 11.8 Å². The third-order valence-corrected chi connectivity index (χ3v) is 4.86. The summed E-state index contributed by atoms with van der Waals surface area (Å²) in [7, 11) is 1.57. The number of hydrogen-bond acceptors (Lipinski definition) is 4. The molecule has 0 saturated carbocycles. The summed E-state index contributed by atoms with van der Waals surface area (Å²) in [5.74, 6) is -1.00. The van der Waals surface area contributed by atoms with Crippen molar-refractivity contribution in [1.29, 1.82) is 0 Å². The van der Waals surface area contributed by atoms with Crippen molar-refractivity contribution in [3.8, 4) is 0 Å². The number of amides is 2. The Hall–Kier alpha value is -2.53. The second-order valence-electron chi connectivity index (χ2n) is 6.07. The largest absolute Gasteiger partial charge is 0.300 e. The molecule has 1 aromatic carbocycles. The summed E-state index contributed by atoms with van der Waals surface area (Å²) in [5, 5.41) is 3.48. The first kappa shape index (κ1) is 14.1. The van der Waals surface area contributed by atoms with E-state index >= 15 is 0 Å². The van der Waals surface area contributed by atoms with E-state index in [0.717, 1.165) is 11.3 Å². The van der Waals surface area contributed by atoms with E-state index < -0.39 is 5.92 Å². The molecule has 1 N–H and O–H groups in total. The number of nitrogens with one attached hydrogen (secondary N) is 1. The van der Waals surface area contributed by atoms with Crippen LogP contribution >= 0.6 is 0 Å². The number of benzene rings is 1. The highest BCUT2D eigenvalue weighted by atomic mass is 16.2. The Morgan fingerprint density at radius 1 is 0.913 bits per heavy atom. The zero-order chi connectivity index (χ0) is 16.0. The second kappa shape index (κ2) is 5.28. The average Bonchev–Trinajstić information content (AvgIpc) is 3.10. The molecule has 5 heteroatoms. The first-order chi connectivity index (χ1) is 11.2. The lowest BCUT2D eigenvalue weighted by atomic mass is 9.85. The third kappa shape index (κ3) is 2.08. The Morgan fingerprint density at radius 3 is 2.22 bits per heavy atom. The number of nitrogens with zero attached hydrogens (tertiary/aromatic N) is 2. The summed E-state index contributed by atoms with van der Waals surface area (Å²) in [6.45, 7) is 0. The van der Waals surface area contributed by atoms with Gasteiger partial charge in [-0.15, -0.1) is 0 Å². The summed E-state index contributed by atoms with van der Waals surface area (Å²) in [6.07, 6.45) is 1.72. The molecule has 1 aromatic heterocycles. The molecule has 2 aromatic rings. The van der Waals surface area contributed by atoms with Gasteiger partial charge in [0.05, 0.1) is 23.6 Å². The topological polar surface area (TPSA) is 62.3 Å². The molecule has 2 aliphatic rings. The Morgan fingerprint density at radius 2 is 1.57 bits per heavy atom. The number of hydrogen-bond donors (Lipinski definition) is 1. The minimum absolute atomic E-state index is 0.111. The van der Waals surface area contributed by atoms with Gasteiger partial charge in [0.15, 0.2) is 0 Å². The zero-order valence-electron chi connectivity index (χ0n) is 12.7. The molecule has 2 saturated heterocycles. The fourth-order valence-corrected chi connectivity index (χ4v) is 3.76. The van der Waals surface area contributed by atoms with E-state index in [4.69, 9.17) is 0 Å². The molecule has 0 spiro atoms. The molecule has 2 fully saturated rings. The van der Waals surface area contributed by atoms with Gasteiger partial charge in [0.25, 0.3) is 0 Å². The highest BCUT2D eigenvalue weighted by molar-refractivity contribution is 6.06. The van der Waals surface area contributed by atoms with Crippen LogP contribution in [0.15, 0.2) is 54.7 Å². The molecule has 23 heavy (non-hydrogen) atoms. The highest BCUT2D eigenvalue weighted by Crippen LogP contribution is 2.48. The lowest BCUT2D eigenvalue weighted by molar-refractivity contribution is -0.139. The molecular formula is C18H17N3O2. The van der Waals surface area contributed by atoms with Crippen molar-refractivity contribution >= 4 is 11.8 Å². The molecule has 3 heterocycles. The van der Waals surface area contributed by atoms with Crippen LogP contribution in [0.4, 0.5) is 0 Å². The SMILES string of the molecule is CN1C(=O)[C@@H]2[C@H](C1=O)[C@@H](c1ccccc1)N[C@H]2c1ccccn1. The first-order valence-electron chi connectivity index (χ1n) is 7.72. The Labute approximate surface area is 134 Å². The number of aromatic nitrogens is 1. The molecule has 0 unspecified atom stereocenters. The van der Waals surface area contributed by atoms with Crippen molar-refractivity contribution in [3.05, 3.63) is 66.0 Å². The number of carbonyl (C=O) groups excluding carboxylic acids is 2. The molecule has 2 amide bonds. The maximum atomic E-state index is 12.6. The summed E-state index contributed by atoms with van der Waals surface area (Å²) in [6, 6.07) is 15.1. The van der Waals surface area contributed by atoms with Crippen molar-refractivity contribution in [3.63, 3.8) is 0 Å². The van der Waals surface area contributed by atoms with E-state index in [1.165, 1.54) is 4.90 Å². The van der Waals surface area contributed by atoms with Crippen LogP contribution in [-0.2, 0) is 9.59 Å². The quantitative estimate of drug-likeness (QED) is 0.858. The van der Waals surface area contributed by atoms with Gasteiger partial charge >= 0.3 is 0 Å². The van der Waals surface area contributed by atoms with Crippen molar-refractivity contribution in [1.82, 2.24) is 15.2 Å². The molecule has 116 valence electrons. The number of fused-ring (bicyclic) bond motifs is 1. The van der Waals surface area contributed by atoms with Crippen LogP contribution in [0, 0.1) is 11.8 Å². The van der Waals surface area contributed by atoms with Crippen LogP contribution in [0.1, 0.15) is 23.3 Å². The minimum Gasteiger partial charge on any atom is -0.300 e. The van der Waals surface area contributed by atoms with E-state index in [-0.39, 0.29) is 29.8 Å². The van der Waals surface area contributed by atoms with Gasteiger partial charge in [0, 0.05) is 19.3 Å². The molecule has 0 aliphatic carbocycles. The van der Waals surface area contributed by atoms with Gasteiger partial charge in [-0.1, -0.05) is 36.4 Å². The van der Waals surface area contributed by atoms with E-state index in [9.17, 15) is 9.59 Å². The Balaban J connectivity index is 1.79. The molecule has 0 bridgehead atoms. The van der Waals surface area contributed by atoms with Gasteiger partial charge in [0.1, 0.15) is 0 Å². The average molecular weight is 307 g/mol. The minimum atomic E-state index is -0.396. The monoisotopic (exact) mass is 307 g/mol. The van der Waals surface area contributed by atoms with E-state index in [0.29, 0.717) is 0 Å². The summed E-state index contributed by atoms with van der Waals surface area (Å²) < 4.78 is 0. The van der Waals surface area contributed by atoms with Crippen LogP contribution in [0.5, 0.6) is 0 Å². The fourth-order valence-electron chi connectivity index (χ4n) is 3.76. The maximum absolute atomic E-state index is 12.6. The number of likely N-dealkylation sites (tertiary alicyclic amines) is 1. The first-order valence-corrected chi connectivity index (χ1v) is 7.72. The third-order valence-electron chi connectivity index (χ3n) is 4.86. The van der Waals surface area contributed by atoms with Crippen LogP contribution < -0.4 is 5.32 Å². The number of pyridine rings is 1. The van der Waals surface area contributed by atoms with Crippen LogP contribution in [0.3, 0.4) is 0 Å². The van der Waals surface area contributed by atoms with Gasteiger partial charge < -0.3 is 5.32 Å². The van der Waals surface area contributed by atoms with Crippen LogP contribution in [0.25, 0.3) is 0 Å². The summed E-state index contributed by atoms with van der Waals surface area (Å²) in [4.78, 5) is 30.9. The van der Waals surface area contributed by atoms with Crippen LogP contribution in [0.2, 0.25) is 0 Å². The van der Waals surface area contributed by atoms with E-state index in [1.54, 1.807) is 13.2 Å². The Kier molecular flexibility index (Phi) is 3.23. The Bertz CT molecular complexity index is 684. The normalized spacial score (nSPS) is 29.9. The smallest absolute Gasteiger partial charge is 0.234 e. The molecule has 5 nitrogen and oxygen atoms in total. The molecule has 2 aliphatic heterocycles. The maximum Gasteiger partial charge on any atom is 0.234 e.